The zero-order chi connectivity index (χ0) is 19.2. The molecule has 0 radical (unpaired) electrons. The first-order chi connectivity index (χ1) is 13.1. The first-order valence-electron chi connectivity index (χ1n) is 8.54. The molecule has 0 atom stereocenters. The number of carboxylic acids is 1. The summed E-state index contributed by atoms with van der Waals surface area (Å²) in [5, 5.41) is 15.5. The zero-order valence-corrected chi connectivity index (χ0v) is 15.5. The van der Waals surface area contributed by atoms with E-state index in [4.69, 9.17) is 12.2 Å². The number of rotatable bonds is 8. The molecule has 1 N–H and O–H groups in total. The maximum atomic E-state index is 11.8. The average Bonchev–Trinajstić information content (AvgIpc) is 3.08. The second-order valence-corrected chi connectivity index (χ2v) is 6.28. The maximum absolute atomic E-state index is 11.8. The molecule has 5 nitrogen and oxygen atoms in total. The lowest BCUT2D eigenvalue weighted by Crippen LogP contribution is -2.09. The highest BCUT2D eigenvalue weighted by Crippen LogP contribution is 2.25. The van der Waals surface area contributed by atoms with E-state index in [0.29, 0.717) is 24.4 Å². The molecule has 0 amide bonds. The van der Waals surface area contributed by atoms with Gasteiger partial charge in [0.1, 0.15) is 5.82 Å². The van der Waals surface area contributed by atoms with E-state index in [1.54, 1.807) is 10.7 Å². The van der Waals surface area contributed by atoms with Gasteiger partial charge in [-0.15, -0.1) is 6.58 Å². The van der Waals surface area contributed by atoms with Crippen LogP contribution in [0.2, 0.25) is 0 Å². The Morgan fingerprint density at radius 1 is 1.22 bits per heavy atom. The lowest BCUT2D eigenvalue weighted by Gasteiger charge is -2.10. The Labute approximate surface area is 163 Å². The van der Waals surface area contributed by atoms with Crippen LogP contribution in [0, 0.1) is 0 Å². The Kier molecular flexibility index (Phi) is 5.88. The van der Waals surface area contributed by atoms with E-state index in [2.05, 4.69) is 16.7 Å². The average molecular weight is 377 g/mol. The van der Waals surface area contributed by atoms with Crippen molar-refractivity contribution in [3.8, 4) is 11.1 Å². The van der Waals surface area contributed by atoms with Crippen molar-refractivity contribution in [2.75, 3.05) is 0 Å². The summed E-state index contributed by atoms with van der Waals surface area (Å²) < 4.78 is 1.77. The number of aromatic nitrogens is 3. The van der Waals surface area contributed by atoms with Crippen molar-refractivity contribution in [1.29, 1.82) is 0 Å². The van der Waals surface area contributed by atoms with Gasteiger partial charge in [-0.3, -0.25) is 0 Å². The van der Waals surface area contributed by atoms with E-state index in [9.17, 15) is 9.90 Å². The smallest absolute Gasteiger partial charge is 0.336 e. The molecule has 1 heterocycles. The first kappa shape index (κ1) is 18.7. The fraction of sp³-hybridized carbons (Fsp3) is 0.143. The van der Waals surface area contributed by atoms with Crippen molar-refractivity contribution in [3.63, 3.8) is 0 Å². The number of allylic oxidation sites excluding steroid dienone is 1. The number of aryl methyl sites for hydroxylation is 1. The summed E-state index contributed by atoms with van der Waals surface area (Å²) in [5.41, 5.74) is 2.67. The molecule has 136 valence electrons. The van der Waals surface area contributed by atoms with E-state index in [-0.39, 0.29) is 5.56 Å². The van der Waals surface area contributed by atoms with E-state index in [0.717, 1.165) is 23.4 Å². The number of aromatic carboxylic acids is 1. The maximum Gasteiger partial charge on any atom is 0.336 e. The van der Waals surface area contributed by atoms with Crippen LogP contribution in [-0.2, 0) is 13.0 Å². The van der Waals surface area contributed by atoms with Gasteiger partial charge in [0.05, 0.1) is 12.1 Å². The van der Waals surface area contributed by atoms with Crippen molar-refractivity contribution in [1.82, 2.24) is 14.8 Å². The molecule has 0 fully saturated rings. The molecular formula is C21H19N3O2S. The van der Waals surface area contributed by atoms with Crippen molar-refractivity contribution in [2.24, 2.45) is 0 Å². The lowest BCUT2D eigenvalue weighted by molar-refractivity contribution is 0.0697. The van der Waals surface area contributed by atoms with Crippen molar-refractivity contribution < 1.29 is 9.90 Å². The van der Waals surface area contributed by atoms with Gasteiger partial charge in [-0.1, -0.05) is 60.8 Å². The predicted octanol–water partition coefficient (Wildman–Crippen LogP) is 4.16. The number of benzene rings is 2. The van der Waals surface area contributed by atoms with Crippen LogP contribution in [-0.4, -0.2) is 31.2 Å². The summed E-state index contributed by atoms with van der Waals surface area (Å²) in [5.74, 6) is 0.333. The highest BCUT2D eigenvalue weighted by Gasteiger charge is 2.14. The van der Waals surface area contributed by atoms with Crippen LogP contribution in [0.1, 0.15) is 34.0 Å². The quantitative estimate of drug-likeness (QED) is 0.472. The third-order valence-electron chi connectivity index (χ3n) is 4.17. The molecule has 6 heteroatoms. The Morgan fingerprint density at radius 2 is 2.00 bits per heavy atom. The minimum Gasteiger partial charge on any atom is -0.478 e. The summed E-state index contributed by atoms with van der Waals surface area (Å²) in [6.07, 6.45) is 3.31. The molecular weight excluding hydrogens is 358 g/mol. The largest absolute Gasteiger partial charge is 0.478 e. The normalized spacial score (nSPS) is 10.5. The van der Waals surface area contributed by atoms with Crippen molar-refractivity contribution >= 4 is 23.6 Å². The number of nitrogens with zero attached hydrogens (tertiary/aromatic N) is 3. The fourth-order valence-electron chi connectivity index (χ4n) is 2.90. The standard InChI is InChI=1S/C21H19N3O2S/c1-2-3-9-20-22-19(14-27)23-24(20)13-15-10-11-17(18(12-15)21(25)26)16-7-5-4-6-8-16/h2,4-8,10-12,14H,1,3,9,13H2,(H,25,26). The van der Waals surface area contributed by atoms with Gasteiger partial charge < -0.3 is 5.11 Å². The third-order valence-corrected chi connectivity index (χ3v) is 4.38. The van der Waals surface area contributed by atoms with Gasteiger partial charge in [0.15, 0.2) is 5.82 Å². The molecule has 0 aliphatic heterocycles. The summed E-state index contributed by atoms with van der Waals surface area (Å²) in [6.45, 7) is 4.16. The highest BCUT2D eigenvalue weighted by atomic mass is 32.1. The summed E-state index contributed by atoms with van der Waals surface area (Å²) in [4.78, 5) is 16.2. The van der Waals surface area contributed by atoms with Gasteiger partial charge in [0, 0.05) is 11.8 Å². The van der Waals surface area contributed by atoms with Crippen LogP contribution in [0.5, 0.6) is 0 Å². The SMILES string of the molecule is C=CCCc1nc(C=S)nn1Cc1ccc(-c2ccccc2)c(C(=O)O)c1. The second kappa shape index (κ2) is 8.51. The first-order valence-corrected chi connectivity index (χ1v) is 9.01. The second-order valence-electron chi connectivity index (χ2n) is 6.04. The minimum absolute atomic E-state index is 0.265. The van der Waals surface area contributed by atoms with Gasteiger partial charge in [-0.05, 0) is 29.2 Å². The van der Waals surface area contributed by atoms with Crippen LogP contribution in [0.15, 0.2) is 61.2 Å². The van der Waals surface area contributed by atoms with Crippen molar-refractivity contribution in [3.05, 3.63) is 84.0 Å². The summed E-state index contributed by atoms with van der Waals surface area (Å²) in [6, 6.07) is 14.9. The molecule has 0 aliphatic carbocycles. The van der Waals surface area contributed by atoms with Gasteiger partial charge >= 0.3 is 5.97 Å². The minimum atomic E-state index is -0.958. The van der Waals surface area contributed by atoms with Gasteiger partial charge in [0.2, 0.25) is 0 Å². The Bertz CT molecular complexity index is 980. The van der Waals surface area contributed by atoms with Crippen LogP contribution < -0.4 is 0 Å². The van der Waals surface area contributed by atoms with E-state index in [1.165, 1.54) is 5.37 Å². The third kappa shape index (κ3) is 4.35. The molecule has 3 rings (SSSR count). The molecule has 3 aromatic rings. The van der Waals surface area contributed by atoms with Crippen LogP contribution in [0.3, 0.4) is 0 Å². The van der Waals surface area contributed by atoms with Crippen LogP contribution in [0.25, 0.3) is 11.1 Å². The molecule has 0 unspecified atom stereocenters. The number of thiocarbonyl (C=S) groups is 1. The monoisotopic (exact) mass is 377 g/mol. The summed E-state index contributed by atoms with van der Waals surface area (Å²) >= 11 is 4.93. The van der Waals surface area contributed by atoms with Crippen molar-refractivity contribution in [2.45, 2.75) is 19.4 Å². The molecule has 0 saturated heterocycles. The summed E-state index contributed by atoms with van der Waals surface area (Å²) in [7, 11) is 0. The Balaban J connectivity index is 1.96. The van der Waals surface area contributed by atoms with E-state index >= 15 is 0 Å². The van der Waals surface area contributed by atoms with Crippen LogP contribution >= 0.6 is 12.2 Å². The molecule has 0 saturated carbocycles. The number of hydrogen-bond acceptors (Lipinski definition) is 4. The number of carboxylic acid groups (broad SMARTS) is 1. The van der Waals surface area contributed by atoms with Gasteiger partial charge in [0.25, 0.3) is 0 Å². The highest BCUT2D eigenvalue weighted by molar-refractivity contribution is 7.79. The molecule has 27 heavy (non-hydrogen) atoms. The van der Waals surface area contributed by atoms with Gasteiger partial charge in [-0.2, -0.15) is 5.10 Å². The molecule has 1 aromatic heterocycles. The van der Waals surface area contributed by atoms with E-state index < -0.39 is 5.97 Å². The topological polar surface area (TPSA) is 68.0 Å². The molecule has 0 aliphatic rings. The Hall–Kier alpha value is -3.12. The van der Waals surface area contributed by atoms with E-state index in [1.807, 2.05) is 48.5 Å². The fourth-order valence-corrected chi connectivity index (χ4v) is 3.00. The van der Waals surface area contributed by atoms with Gasteiger partial charge in [-0.25, -0.2) is 14.5 Å². The number of carbonyl (C=O) groups is 1. The zero-order valence-electron chi connectivity index (χ0n) is 14.7. The lowest BCUT2D eigenvalue weighted by atomic mass is 9.97. The molecule has 0 spiro atoms. The van der Waals surface area contributed by atoms with Crippen LogP contribution in [0.4, 0.5) is 0 Å². The molecule has 0 bridgehead atoms. The predicted molar refractivity (Wildman–Crippen MR) is 109 cm³/mol. The Morgan fingerprint density at radius 3 is 2.67 bits per heavy atom. The molecule has 2 aromatic carbocycles. The number of hydrogen-bond donors (Lipinski definition) is 1.